The lowest BCUT2D eigenvalue weighted by atomic mass is 10.2. The number of rotatable bonds is 8. The predicted molar refractivity (Wildman–Crippen MR) is 110 cm³/mol. The minimum absolute atomic E-state index is 0. The van der Waals surface area contributed by atoms with E-state index in [-0.39, 0.29) is 24.0 Å². The van der Waals surface area contributed by atoms with E-state index in [0.29, 0.717) is 12.1 Å². The average molecular weight is 438 g/mol. The molecular weight excluding hydrogens is 407 g/mol. The first-order chi connectivity index (χ1) is 10.0. The molecule has 0 atom stereocenters. The van der Waals surface area contributed by atoms with Crippen molar-refractivity contribution in [1.82, 2.24) is 15.5 Å². The Labute approximate surface area is 156 Å². The van der Waals surface area contributed by atoms with E-state index < -0.39 is 0 Å². The molecule has 1 rings (SSSR count). The van der Waals surface area contributed by atoms with Gasteiger partial charge in [-0.2, -0.15) is 0 Å². The number of aliphatic imine (C=N–C) groups is 1. The molecule has 0 aliphatic carbocycles. The lowest BCUT2D eigenvalue weighted by molar-refractivity contribution is 0.173. The normalized spacial score (nSPS) is 11.9. The van der Waals surface area contributed by atoms with Gasteiger partial charge in [-0.1, -0.05) is 6.07 Å². The van der Waals surface area contributed by atoms with E-state index in [2.05, 4.69) is 65.7 Å². The molecule has 1 aromatic rings. The van der Waals surface area contributed by atoms with Crippen LogP contribution in [0, 0.1) is 0 Å². The Bertz CT molecular complexity index is 396. The minimum Gasteiger partial charge on any atom is -0.356 e. The van der Waals surface area contributed by atoms with Gasteiger partial charge in [-0.15, -0.1) is 35.3 Å². The summed E-state index contributed by atoms with van der Waals surface area (Å²) >= 11 is 1.76. The van der Waals surface area contributed by atoms with E-state index in [9.17, 15) is 0 Å². The highest BCUT2D eigenvalue weighted by Crippen LogP contribution is 2.07. The minimum atomic E-state index is 0. The van der Waals surface area contributed by atoms with Crippen LogP contribution in [0.3, 0.4) is 0 Å². The van der Waals surface area contributed by atoms with Crippen LogP contribution in [-0.4, -0.2) is 43.1 Å². The van der Waals surface area contributed by atoms with Gasteiger partial charge in [-0.25, -0.2) is 0 Å². The number of hydrogen-bond donors (Lipinski definition) is 2. The van der Waals surface area contributed by atoms with Gasteiger partial charge >= 0.3 is 0 Å². The number of hydrogen-bond acceptors (Lipinski definition) is 3. The molecule has 0 unspecified atom stereocenters. The molecule has 0 spiro atoms. The monoisotopic (exact) mass is 438 g/mol. The van der Waals surface area contributed by atoms with Crippen molar-refractivity contribution in [1.29, 1.82) is 0 Å². The first kappa shape index (κ1) is 21.7. The van der Waals surface area contributed by atoms with Crippen LogP contribution in [0.15, 0.2) is 22.5 Å². The summed E-state index contributed by atoms with van der Waals surface area (Å²) in [6.45, 7) is 11.9. The first-order valence-corrected chi connectivity index (χ1v) is 8.65. The average Bonchev–Trinajstić information content (AvgIpc) is 2.94. The lowest BCUT2D eigenvalue weighted by Crippen LogP contribution is -2.41. The number of nitrogens with one attached hydrogen (secondary N) is 2. The zero-order valence-corrected chi connectivity index (χ0v) is 17.6. The second-order valence-corrected chi connectivity index (χ2v) is 6.74. The molecule has 0 aliphatic heterocycles. The van der Waals surface area contributed by atoms with Gasteiger partial charge < -0.3 is 10.6 Å². The maximum absolute atomic E-state index is 4.26. The summed E-state index contributed by atoms with van der Waals surface area (Å²) in [5.41, 5.74) is 0. The summed E-state index contributed by atoms with van der Waals surface area (Å²) in [5.74, 6) is 0.879. The van der Waals surface area contributed by atoms with Crippen molar-refractivity contribution in [2.75, 3.05) is 20.1 Å². The fraction of sp³-hybridized carbons (Fsp3) is 0.688. The summed E-state index contributed by atoms with van der Waals surface area (Å²) in [6, 6.07) is 5.40. The van der Waals surface area contributed by atoms with E-state index in [4.69, 9.17) is 0 Å². The van der Waals surface area contributed by atoms with Gasteiger partial charge in [0.25, 0.3) is 0 Å². The van der Waals surface area contributed by atoms with Gasteiger partial charge in [0, 0.05) is 37.1 Å². The van der Waals surface area contributed by atoms with Crippen LogP contribution < -0.4 is 10.6 Å². The van der Waals surface area contributed by atoms with Crippen LogP contribution in [-0.2, 0) is 6.54 Å². The number of halogens is 1. The second-order valence-electron chi connectivity index (χ2n) is 5.71. The van der Waals surface area contributed by atoms with E-state index in [1.807, 2.05) is 7.05 Å². The van der Waals surface area contributed by atoms with Gasteiger partial charge in [0.2, 0.25) is 0 Å². The van der Waals surface area contributed by atoms with E-state index in [0.717, 1.165) is 32.0 Å². The van der Waals surface area contributed by atoms with Crippen molar-refractivity contribution >= 4 is 41.3 Å². The highest BCUT2D eigenvalue weighted by Gasteiger charge is 2.12. The third-order valence-electron chi connectivity index (χ3n) is 3.45. The molecule has 0 aliphatic rings. The van der Waals surface area contributed by atoms with Gasteiger partial charge in [0.05, 0.1) is 6.54 Å². The Balaban J connectivity index is 0.00000441. The molecule has 128 valence electrons. The fourth-order valence-corrected chi connectivity index (χ4v) is 3.03. The predicted octanol–water partition coefficient (Wildman–Crippen LogP) is 3.54. The van der Waals surface area contributed by atoms with Crippen molar-refractivity contribution in [3.63, 3.8) is 0 Å². The maximum Gasteiger partial charge on any atom is 0.191 e. The molecule has 0 aromatic carbocycles. The summed E-state index contributed by atoms with van der Waals surface area (Å²) in [6.07, 6.45) is 1.12. The molecule has 0 saturated carbocycles. The summed E-state index contributed by atoms with van der Waals surface area (Å²) in [4.78, 5) is 8.10. The summed E-state index contributed by atoms with van der Waals surface area (Å²) < 4.78 is 0. The van der Waals surface area contributed by atoms with Crippen molar-refractivity contribution in [2.24, 2.45) is 4.99 Å². The van der Waals surface area contributed by atoms with Gasteiger partial charge in [-0.05, 0) is 45.6 Å². The lowest BCUT2D eigenvalue weighted by Gasteiger charge is -2.30. The molecule has 4 nitrogen and oxygen atoms in total. The smallest absolute Gasteiger partial charge is 0.191 e. The summed E-state index contributed by atoms with van der Waals surface area (Å²) in [7, 11) is 1.82. The third-order valence-corrected chi connectivity index (χ3v) is 4.32. The zero-order valence-electron chi connectivity index (χ0n) is 14.4. The first-order valence-electron chi connectivity index (χ1n) is 7.77. The molecule has 1 aromatic heterocycles. The molecule has 1 heterocycles. The highest BCUT2D eigenvalue weighted by molar-refractivity contribution is 14.0. The van der Waals surface area contributed by atoms with Crippen LogP contribution >= 0.6 is 35.3 Å². The van der Waals surface area contributed by atoms with Crippen LogP contribution in [0.4, 0.5) is 0 Å². The second kappa shape index (κ2) is 12.1. The molecular formula is C16H31IN4S. The molecule has 2 N–H and O–H groups in total. The molecule has 0 bridgehead atoms. The standard InChI is InChI=1S/C16H30N4S.HI/c1-13(2)20(14(3)4)10-7-9-18-16(17-5)19-12-15-8-6-11-21-15;/h6,8,11,13-14H,7,9-10,12H2,1-5H3,(H2,17,18,19);1H. The topological polar surface area (TPSA) is 39.7 Å². The third kappa shape index (κ3) is 8.33. The number of thiophene rings is 1. The Hall–Kier alpha value is -0.340. The van der Waals surface area contributed by atoms with Gasteiger partial charge in [-0.3, -0.25) is 9.89 Å². The number of nitrogens with zero attached hydrogens (tertiary/aromatic N) is 2. The SMILES string of the molecule is CN=C(NCCCN(C(C)C)C(C)C)NCc1cccs1.I. The largest absolute Gasteiger partial charge is 0.356 e. The van der Waals surface area contributed by atoms with Crippen molar-refractivity contribution in [3.8, 4) is 0 Å². The molecule has 0 radical (unpaired) electrons. The van der Waals surface area contributed by atoms with E-state index in [1.165, 1.54) is 4.88 Å². The Morgan fingerprint density at radius 2 is 1.91 bits per heavy atom. The van der Waals surface area contributed by atoms with Crippen LogP contribution in [0.1, 0.15) is 39.0 Å². The molecule has 22 heavy (non-hydrogen) atoms. The van der Waals surface area contributed by atoms with Crippen LogP contribution in [0.5, 0.6) is 0 Å². The van der Waals surface area contributed by atoms with Crippen molar-refractivity contribution in [3.05, 3.63) is 22.4 Å². The quantitative estimate of drug-likeness (QED) is 0.282. The van der Waals surface area contributed by atoms with Gasteiger partial charge in [0.1, 0.15) is 0 Å². The highest BCUT2D eigenvalue weighted by atomic mass is 127. The molecule has 0 saturated heterocycles. The Kier molecular flexibility index (Phi) is 11.9. The molecule has 0 fully saturated rings. The van der Waals surface area contributed by atoms with E-state index in [1.54, 1.807) is 11.3 Å². The van der Waals surface area contributed by atoms with E-state index >= 15 is 0 Å². The molecule has 6 heteroatoms. The van der Waals surface area contributed by atoms with Crippen LogP contribution in [0.2, 0.25) is 0 Å². The summed E-state index contributed by atoms with van der Waals surface area (Å²) in [5, 5.41) is 8.82. The molecule has 0 amide bonds. The van der Waals surface area contributed by atoms with Crippen molar-refractivity contribution < 1.29 is 0 Å². The zero-order chi connectivity index (χ0) is 15.7. The van der Waals surface area contributed by atoms with Crippen LogP contribution in [0.25, 0.3) is 0 Å². The number of guanidine groups is 1. The Morgan fingerprint density at radius 1 is 1.23 bits per heavy atom. The van der Waals surface area contributed by atoms with Gasteiger partial charge in [0.15, 0.2) is 5.96 Å². The van der Waals surface area contributed by atoms with Crippen molar-refractivity contribution in [2.45, 2.75) is 52.7 Å². The fourth-order valence-electron chi connectivity index (χ4n) is 2.39. The Morgan fingerprint density at radius 3 is 2.41 bits per heavy atom. The maximum atomic E-state index is 4.26.